The topological polar surface area (TPSA) is 4.93 Å². The van der Waals surface area contributed by atoms with Gasteiger partial charge in [-0.05, 0) is 34.9 Å². The van der Waals surface area contributed by atoms with E-state index in [9.17, 15) is 0 Å². The lowest BCUT2D eigenvalue weighted by atomic mass is 9.94. The molecule has 0 spiro atoms. The molecule has 6 rings (SSSR count). The minimum atomic E-state index is 1.24. The number of hydrogen-bond donors (Lipinski definition) is 0. The molecule has 0 saturated heterocycles. The van der Waals surface area contributed by atoms with Crippen LogP contribution in [0.4, 0.5) is 0 Å². The lowest BCUT2D eigenvalue weighted by molar-refractivity contribution is 1.17. The highest BCUT2D eigenvalue weighted by atomic mass is 15.0. The standard InChI is InChI=1S/C26H17N/c1-2-9-18(10-3-1)23-17-19-11-4-6-15-24(19)27-25-16-7-5-12-20(25)21-13-8-14-22(23)26(21)27/h1-17H. The number of nitrogens with zero attached hydrogens (tertiary/aromatic N) is 1. The Morgan fingerprint density at radius 2 is 1.30 bits per heavy atom. The van der Waals surface area contributed by atoms with Crippen LogP contribution in [0.3, 0.4) is 0 Å². The van der Waals surface area contributed by atoms with E-state index in [1.165, 1.54) is 49.8 Å². The van der Waals surface area contributed by atoms with Crippen LogP contribution in [0.1, 0.15) is 16.7 Å². The third-order valence-electron chi connectivity index (χ3n) is 5.55. The van der Waals surface area contributed by atoms with Gasteiger partial charge < -0.3 is 4.57 Å². The van der Waals surface area contributed by atoms with E-state index >= 15 is 0 Å². The van der Waals surface area contributed by atoms with Gasteiger partial charge >= 0.3 is 0 Å². The van der Waals surface area contributed by atoms with E-state index in [4.69, 9.17) is 0 Å². The second kappa shape index (κ2) is 5.46. The molecule has 0 N–H and O–H groups in total. The van der Waals surface area contributed by atoms with Crippen molar-refractivity contribution in [2.45, 2.75) is 0 Å². The van der Waals surface area contributed by atoms with Gasteiger partial charge in [0, 0.05) is 16.3 Å². The average molecular weight is 343 g/mol. The van der Waals surface area contributed by atoms with Crippen LogP contribution in [-0.4, -0.2) is 4.57 Å². The third kappa shape index (κ3) is 2.00. The monoisotopic (exact) mass is 343 g/mol. The maximum atomic E-state index is 2.43. The molecule has 1 heteroatoms. The molecular formula is C26H17N. The Hall–Kier alpha value is -3.58. The largest absolute Gasteiger partial charge is 0.308 e. The molecule has 5 aromatic rings. The molecule has 0 radical (unpaired) electrons. The number of fused-ring (bicyclic) bond motifs is 5. The third-order valence-corrected chi connectivity index (χ3v) is 5.55. The Balaban J connectivity index is 1.87. The molecule has 1 nitrogen and oxygen atoms in total. The highest BCUT2D eigenvalue weighted by Gasteiger charge is 2.21. The zero-order chi connectivity index (χ0) is 17.8. The van der Waals surface area contributed by atoms with Crippen molar-refractivity contribution in [2.24, 2.45) is 0 Å². The van der Waals surface area contributed by atoms with Gasteiger partial charge in [-0.3, -0.25) is 0 Å². The van der Waals surface area contributed by atoms with Crippen LogP contribution in [0.2, 0.25) is 0 Å². The Kier molecular flexibility index (Phi) is 2.95. The molecule has 2 heterocycles. The maximum Gasteiger partial charge on any atom is 0.0619 e. The Morgan fingerprint density at radius 3 is 2.22 bits per heavy atom. The Labute approximate surface area is 157 Å². The average Bonchev–Trinajstić information content (AvgIpc) is 2.99. The molecule has 0 unspecified atom stereocenters. The first-order valence-electron chi connectivity index (χ1n) is 9.31. The van der Waals surface area contributed by atoms with E-state index in [2.05, 4.69) is 108 Å². The quantitative estimate of drug-likeness (QED) is 0.313. The smallest absolute Gasteiger partial charge is 0.0619 e. The molecule has 27 heavy (non-hydrogen) atoms. The SMILES string of the molecule is C1=C(c2ccccc2)c2cccc3c4ccccc4n(c23)-c2ccccc21. The molecule has 1 aliphatic heterocycles. The second-order valence-electron chi connectivity index (χ2n) is 7.04. The minimum Gasteiger partial charge on any atom is -0.308 e. The number of aromatic nitrogens is 1. The van der Waals surface area contributed by atoms with Crippen LogP contribution in [0, 0.1) is 0 Å². The van der Waals surface area contributed by atoms with E-state index in [-0.39, 0.29) is 0 Å². The summed E-state index contributed by atoms with van der Waals surface area (Å²) in [5, 5.41) is 2.61. The Morgan fingerprint density at radius 1 is 0.556 bits per heavy atom. The van der Waals surface area contributed by atoms with Gasteiger partial charge in [0.1, 0.15) is 0 Å². The summed E-state index contributed by atoms with van der Waals surface area (Å²) in [6.45, 7) is 0. The molecule has 1 aromatic heterocycles. The van der Waals surface area contributed by atoms with Crippen molar-refractivity contribution in [1.82, 2.24) is 4.57 Å². The van der Waals surface area contributed by atoms with Gasteiger partial charge in [-0.1, -0.05) is 84.9 Å². The summed E-state index contributed by atoms with van der Waals surface area (Å²) in [6.07, 6.45) is 2.33. The number of rotatable bonds is 1. The molecular weight excluding hydrogens is 326 g/mol. The molecule has 4 aromatic carbocycles. The van der Waals surface area contributed by atoms with Gasteiger partial charge in [0.05, 0.1) is 16.7 Å². The summed E-state index contributed by atoms with van der Waals surface area (Å²) in [5.41, 5.74) is 8.84. The summed E-state index contributed by atoms with van der Waals surface area (Å²) < 4.78 is 2.43. The molecule has 126 valence electrons. The first-order valence-corrected chi connectivity index (χ1v) is 9.31. The molecule has 1 aliphatic rings. The first kappa shape index (κ1) is 14.6. The number of para-hydroxylation sites is 3. The zero-order valence-corrected chi connectivity index (χ0v) is 14.8. The fourth-order valence-corrected chi connectivity index (χ4v) is 4.39. The van der Waals surface area contributed by atoms with Crippen molar-refractivity contribution in [3.05, 3.63) is 114 Å². The lowest BCUT2D eigenvalue weighted by Crippen LogP contribution is -1.96. The van der Waals surface area contributed by atoms with Gasteiger partial charge in [-0.2, -0.15) is 0 Å². The van der Waals surface area contributed by atoms with Gasteiger partial charge in [0.2, 0.25) is 0 Å². The fourth-order valence-electron chi connectivity index (χ4n) is 4.39. The van der Waals surface area contributed by atoms with Gasteiger partial charge in [-0.15, -0.1) is 0 Å². The highest BCUT2D eigenvalue weighted by Crippen LogP contribution is 2.41. The highest BCUT2D eigenvalue weighted by molar-refractivity contribution is 6.15. The van der Waals surface area contributed by atoms with E-state index in [1.54, 1.807) is 0 Å². The van der Waals surface area contributed by atoms with Crippen LogP contribution in [-0.2, 0) is 0 Å². The second-order valence-corrected chi connectivity index (χ2v) is 7.04. The molecule has 0 fully saturated rings. The molecule has 0 saturated carbocycles. The predicted molar refractivity (Wildman–Crippen MR) is 114 cm³/mol. The molecule has 0 bridgehead atoms. The van der Waals surface area contributed by atoms with Crippen molar-refractivity contribution in [2.75, 3.05) is 0 Å². The summed E-state index contributed by atoms with van der Waals surface area (Å²) >= 11 is 0. The number of benzene rings is 4. The summed E-state index contributed by atoms with van der Waals surface area (Å²) in [6, 6.07) is 34.8. The minimum absolute atomic E-state index is 1.24. The van der Waals surface area contributed by atoms with Crippen LogP contribution in [0.5, 0.6) is 0 Å². The Bertz CT molecular complexity index is 1350. The van der Waals surface area contributed by atoms with E-state index in [0.717, 1.165) is 0 Å². The summed E-state index contributed by atoms with van der Waals surface area (Å²) in [4.78, 5) is 0. The van der Waals surface area contributed by atoms with Crippen LogP contribution < -0.4 is 0 Å². The molecule has 0 amide bonds. The van der Waals surface area contributed by atoms with Gasteiger partial charge in [-0.25, -0.2) is 0 Å². The van der Waals surface area contributed by atoms with Crippen molar-refractivity contribution in [3.8, 4) is 5.69 Å². The van der Waals surface area contributed by atoms with E-state index < -0.39 is 0 Å². The van der Waals surface area contributed by atoms with E-state index in [0.29, 0.717) is 0 Å². The zero-order valence-electron chi connectivity index (χ0n) is 14.8. The van der Waals surface area contributed by atoms with Crippen molar-refractivity contribution < 1.29 is 0 Å². The summed E-state index contributed by atoms with van der Waals surface area (Å²) in [7, 11) is 0. The normalized spacial score (nSPS) is 12.7. The van der Waals surface area contributed by atoms with Gasteiger partial charge in [0.15, 0.2) is 0 Å². The number of hydrogen-bond acceptors (Lipinski definition) is 0. The van der Waals surface area contributed by atoms with Gasteiger partial charge in [0.25, 0.3) is 0 Å². The summed E-state index contributed by atoms with van der Waals surface area (Å²) in [5.74, 6) is 0. The van der Waals surface area contributed by atoms with E-state index in [1.807, 2.05) is 0 Å². The van der Waals surface area contributed by atoms with Crippen molar-refractivity contribution in [1.29, 1.82) is 0 Å². The fraction of sp³-hybridized carbons (Fsp3) is 0. The lowest BCUT2D eigenvalue weighted by Gasteiger charge is -2.10. The molecule has 0 atom stereocenters. The maximum absolute atomic E-state index is 2.43. The van der Waals surface area contributed by atoms with Crippen molar-refractivity contribution in [3.63, 3.8) is 0 Å². The van der Waals surface area contributed by atoms with Crippen molar-refractivity contribution >= 4 is 33.5 Å². The van der Waals surface area contributed by atoms with Crippen LogP contribution in [0.25, 0.3) is 39.1 Å². The molecule has 0 aliphatic carbocycles. The van der Waals surface area contributed by atoms with Crippen LogP contribution in [0.15, 0.2) is 97.1 Å². The predicted octanol–water partition coefficient (Wildman–Crippen LogP) is 6.69. The van der Waals surface area contributed by atoms with Crippen LogP contribution >= 0.6 is 0 Å². The first-order chi connectivity index (χ1) is 13.4.